The lowest BCUT2D eigenvalue weighted by Crippen LogP contribution is -1.82. The number of H-pyrrole nitrogens is 1. The van der Waals surface area contributed by atoms with Crippen LogP contribution in [0, 0.1) is 6.92 Å². The van der Waals surface area contributed by atoms with Gasteiger partial charge in [-0.05, 0) is 30.7 Å². The fourth-order valence-electron chi connectivity index (χ4n) is 2.65. The highest BCUT2D eigenvalue weighted by Crippen LogP contribution is 2.31. The average molecular weight is 261 g/mol. The smallest absolute Gasteiger partial charge is 0.156 e. The van der Waals surface area contributed by atoms with Crippen LogP contribution in [0.3, 0.4) is 0 Å². The van der Waals surface area contributed by atoms with Gasteiger partial charge in [0.2, 0.25) is 0 Å². The van der Waals surface area contributed by atoms with Crippen LogP contribution >= 0.6 is 0 Å². The average Bonchev–Trinajstić information content (AvgIpc) is 3.00. The summed E-state index contributed by atoms with van der Waals surface area (Å²) < 4.78 is 2.12. The van der Waals surface area contributed by atoms with Crippen molar-refractivity contribution in [2.45, 2.75) is 0 Å². The molecular weight excluding hydrogens is 248 g/mol. The maximum Gasteiger partial charge on any atom is 0.156 e. The summed E-state index contributed by atoms with van der Waals surface area (Å²) in [6, 6.07) is 8.27. The van der Waals surface area contributed by atoms with Gasteiger partial charge in [-0.15, -0.1) is 0 Å². The van der Waals surface area contributed by atoms with Gasteiger partial charge in [-0.1, -0.05) is 6.07 Å². The summed E-state index contributed by atoms with van der Waals surface area (Å²) in [5.74, 6) is 0. The highest BCUT2D eigenvalue weighted by atomic mass is 14.9. The molecule has 1 aromatic carbocycles. The fraction of sp³-hybridized carbons (Fsp3) is 0.0625. The molecule has 0 aliphatic rings. The van der Waals surface area contributed by atoms with Gasteiger partial charge in [0.25, 0.3) is 0 Å². The van der Waals surface area contributed by atoms with Crippen LogP contribution in [-0.2, 0) is 7.05 Å². The quantitative estimate of drug-likeness (QED) is 0.571. The summed E-state index contributed by atoms with van der Waals surface area (Å²) in [5, 5.41) is 1.19. The Bertz CT molecular complexity index is 897. The Morgan fingerprint density at radius 2 is 2.00 bits per heavy atom. The Morgan fingerprint density at radius 3 is 2.85 bits per heavy atom. The molecule has 4 aromatic rings. The molecule has 3 aromatic heterocycles. The molecule has 1 radical (unpaired) electrons. The van der Waals surface area contributed by atoms with E-state index in [1.807, 2.05) is 19.2 Å². The number of nitrogens with one attached hydrogen (secondary N) is 1. The third-order valence-corrected chi connectivity index (χ3v) is 3.60. The second-order valence-electron chi connectivity index (χ2n) is 4.98. The Kier molecular flexibility index (Phi) is 2.21. The highest BCUT2D eigenvalue weighted by Gasteiger charge is 2.11. The van der Waals surface area contributed by atoms with Crippen LogP contribution in [0.1, 0.15) is 5.56 Å². The van der Waals surface area contributed by atoms with Gasteiger partial charge in [0, 0.05) is 42.1 Å². The zero-order valence-corrected chi connectivity index (χ0v) is 11.1. The monoisotopic (exact) mass is 261 g/mol. The molecule has 0 saturated heterocycles. The Labute approximate surface area is 116 Å². The van der Waals surface area contributed by atoms with E-state index in [2.05, 4.69) is 44.8 Å². The van der Waals surface area contributed by atoms with Gasteiger partial charge in [-0.2, -0.15) is 0 Å². The maximum atomic E-state index is 4.32. The maximum absolute atomic E-state index is 4.32. The lowest BCUT2D eigenvalue weighted by molar-refractivity contribution is 0.969. The number of rotatable bonds is 1. The van der Waals surface area contributed by atoms with Crippen LogP contribution in [-0.4, -0.2) is 19.5 Å². The van der Waals surface area contributed by atoms with E-state index in [-0.39, 0.29) is 0 Å². The number of benzene rings is 1. The van der Waals surface area contributed by atoms with Crippen molar-refractivity contribution in [1.29, 1.82) is 0 Å². The Morgan fingerprint density at radius 1 is 1.15 bits per heavy atom. The minimum atomic E-state index is 0.810. The summed E-state index contributed by atoms with van der Waals surface area (Å²) >= 11 is 0. The first kappa shape index (κ1) is 11.2. The minimum Gasteiger partial charge on any atom is -0.350 e. The van der Waals surface area contributed by atoms with Gasteiger partial charge in [-0.25, -0.2) is 4.98 Å². The molecule has 1 N–H and O–H groups in total. The van der Waals surface area contributed by atoms with Crippen molar-refractivity contribution >= 4 is 22.1 Å². The highest BCUT2D eigenvalue weighted by molar-refractivity contribution is 5.97. The van der Waals surface area contributed by atoms with E-state index < -0.39 is 0 Å². The number of aryl methyl sites for hydroxylation is 1. The third kappa shape index (κ3) is 1.54. The van der Waals surface area contributed by atoms with Gasteiger partial charge in [-0.3, -0.25) is 4.98 Å². The molecule has 0 bridgehead atoms. The van der Waals surface area contributed by atoms with E-state index in [9.17, 15) is 0 Å². The first-order valence-electron chi connectivity index (χ1n) is 6.43. The second-order valence-corrected chi connectivity index (χ2v) is 4.98. The number of fused-ring (bicyclic) bond motifs is 2. The van der Waals surface area contributed by atoms with E-state index in [1.54, 1.807) is 12.4 Å². The molecule has 0 amide bonds. The first-order valence-corrected chi connectivity index (χ1v) is 6.43. The summed E-state index contributed by atoms with van der Waals surface area (Å²) in [7, 11) is 2.05. The van der Waals surface area contributed by atoms with E-state index >= 15 is 0 Å². The van der Waals surface area contributed by atoms with Crippen molar-refractivity contribution in [2.24, 2.45) is 7.05 Å². The van der Waals surface area contributed by atoms with Crippen LogP contribution in [0.5, 0.6) is 0 Å². The zero-order valence-electron chi connectivity index (χ0n) is 11.1. The molecule has 0 aliphatic heterocycles. The van der Waals surface area contributed by atoms with Crippen molar-refractivity contribution < 1.29 is 0 Å². The van der Waals surface area contributed by atoms with E-state index in [1.165, 1.54) is 10.9 Å². The van der Waals surface area contributed by atoms with Crippen LogP contribution in [0.2, 0.25) is 0 Å². The Balaban J connectivity index is 2.04. The molecule has 4 nitrogen and oxygen atoms in total. The number of aromatic amines is 1. The predicted molar refractivity (Wildman–Crippen MR) is 80.3 cm³/mol. The lowest BCUT2D eigenvalue weighted by Gasteiger charge is -1.98. The normalized spacial score (nSPS) is 11.5. The van der Waals surface area contributed by atoms with Crippen LogP contribution in [0.4, 0.5) is 0 Å². The van der Waals surface area contributed by atoms with E-state index in [4.69, 9.17) is 0 Å². The number of nitrogens with zero attached hydrogens (tertiary/aromatic N) is 3. The van der Waals surface area contributed by atoms with Gasteiger partial charge in [0.1, 0.15) is 5.52 Å². The van der Waals surface area contributed by atoms with Gasteiger partial charge in [0.05, 0.1) is 5.69 Å². The van der Waals surface area contributed by atoms with Crippen LogP contribution in [0.15, 0.2) is 42.9 Å². The third-order valence-electron chi connectivity index (χ3n) is 3.60. The van der Waals surface area contributed by atoms with Crippen molar-refractivity contribution in [1.82, 2.24) is 19.5 Å². The van der Waals surface area contributed by atoms with Crippen LogP contribution in [0.25, 0.3) is 33.3 Å². The topological polar surface area (TPSA) is 46.5 Å². The fourth-order valence-corrected chi connectivity index (χ4v) is 2.65. The molecule has 0 fully saturated rings. The van der Waals surface area contributed by atoms with Crippen molar-refractivity contribution in [3.05, 3.63) is 55.3 Å². The molecule has 20 heavy (non-hydrogen) atoms. The van der Waals surface area contributed by atoms with Crippen molar-refractivity contribution in [3.63, 3.8) is 0 Å². The summed E-state index contributed by atoms with van der Waals surface area (Å²) in [4.78, 5) is 11.9. The second kappa shape index (κ2) is 3.93. The largest absolute Gasteiger partial charge is 0.350 e. The van der Waals surface area contributed by atoms with Crippen LogP contribution < -0.4 is 0 Å². The number of hydrogen-bond donors (Lipinski definition) is 1. The molecule has 97 valence electrons. The van der Waals surface area contributed by atoms with Crippen molar-refractivity contribution in [2.75, 3.05) is 0 Å². The van der Waals surface area contributed by atoms with Gasteiger partial charge in [0.15, 0.2) is 5.65 Å². The SMILES string of the molecule is [CH2]c1ccc2c(c1)c(-c1cc3nccnc3[nH]1)cn2C. The van der Waals surface area contributed by atoms with Crippen molar-refractivity contribution in [3.8, 4) is 11.3 Å². The predicted octanol–water partition coefficient (Wildman–Crippen LogP) is 3.30. The first-order chi connectivity index (χ1) is 9.72. The summed E-state index contributed by atoms with van der Waals surface area (Å²) in [5.41, 5.74) is 6.06. The molecule has 0 spiro atoms. The molecule has 0 unspecified atom stereocenters. The molecule has 0 saturated carbocycles. The molecule has 4 rings (SSSR count). The molecule has 3 heterocycles. The summed E-state index contributed by atoms with van der Waals surface area (Å²) in [6.45, 7) is 4.01. The number of hydrogen-bond acceptors (Lipinski definition) is 2. The van der Waals surface area contributed by atoms with E-state index in [0.717, 1.165) is 28.0 Å². The van der Waals surface area contributed by atoms with E-state index in [0.29, 0.717) is 0 Å². The van der Waals surface area contributed by atoms with Gasteiger partial charge >= 0.3 is 0 Å². The standard InChI is InChI=1S/C16H13N4/c1-10-3-4-15-11(7-10)12(9-20(15)2)13-8-14-16(19-13)18-6-5-17-14/h3-9H,1H2,2H3,(H,18,19). The summed E-state index contributed by atoms with van der Waals surface area (Å²) in [6.07, 6.45) is 5.52. The lowest BCUT2D eigenvalue weighted by atomic mass is 10.1. The molecular formula is C16H13N4. The molecule has 0 atom stereocenters. The number of aromatic nitrogens is 4. The Hall–Kier alpha value is -2.62. The minimum absolute atomic E-state index is 0.810. The van der Waals surface area contributed by atoms with Gasteiger partial charge < -0.3 is 9.55 Å². The molecule has 0 aliphatic carbocycles. The zero-order chi connectivity index (χ0) is 13.7. The molecule has 4 heteroatoms.